The molecular formula is C47H73N5O18. The Balaban J connectivity index is 0.802. The van der Waals surface area contributed by atoms with E-state index in [1.54, 1.807) is 12.2 Å². The average Bonchev–Trinajstić information content (AvgIpc) is 3.58. The van der Waals surface area contributed by atoms with Crippen LogP contribution in [0.5, 0.6) is 0 Å². The smallest absolute Gasteiger partial charge is 0.306 e. The lowest BCUT2D eigenvalue weighted by Crippen LogP contribution is -2.68. The van der Waals surface area contributed by atoms with E-state index in [1.165, 1.54) is 0 Å². The number of rotatable bonds is 17. The molecule has 70 heavy (non-hydrogen) atoms. The van der Waals surface area contributed by atoms with Gasteiger partial charge in [-0.2, -0.15) is 0 Å². The molecule has 7 rings (SSSR count). The number of ketones is 2. The molecular weight excluding hydrogens is 923 g/mol. The number of Topliss-reactive ketones (excluding diaryl/α,β-unsaturated/α-hetero) is 1. The molecule has 0 spiro atoms. The SMILES string of the molecule is C[C@]12C=CC(=O)C=C1CCC1C2[C@@H](O)C[C@@]2(C)C1CC[C@]2(O)C(=O)COC(=O)CCC(=O)OCCCC(=O)OC[C@H]1O[C@H](O[C@@H]2[C@@H](O)[C@H](O[C@H]3O[C@H](CN)[C@@H](O)C[C@H]3N)[C@@H](N)C[C@H]2N)[C@H](O)[C@@H](N)[C@@H]1O. The number of aliphatic hydroxyl groups excluding tert-OH is 5. The maximum absolute atomic E-state index is 13.6. The van der Waals surface area contributed by atoms with Gasteiger partial charge >= 0.3 is 17.9 Å². The van der Waals surface area contributed by atoms with Crippen molar-refractivity contribution in [3.8, 4) is 0 Å². The number of nitrogens with two attached hydrogens (primary N) is 5. The van der Waals surface area contributed by atoms with Crippen LogP contribution in [0.4, 0.5) is 0 Å². The van der Waals surface area contributed by atoms with Gasteiger partial charge in [0, 0.05) is 41.8 Å². The molecule has 5 aliphatic carbocycles. The minimum atomic E-state index is -1.84. The predicted octanol–water partition coefficient (Wildman–Crippen LogP) is -3.52. The molecule has 0 radical (unpaired) electrons. The van der Waals surface area contributed by atoms with Gasteiger partial charge in [0.25, 0.3) is 0 Å². The molecule has 0 aromatic heterocycles. The van der Waals surface area contributed by atoms with Crippen molar-refractivity contribution in [1.82, 2.24) is 0 Å². The Morgan fingerprint density at radius 1 is 0.771 bits per heavy atom. The van der Waals surface area contributed by atoms with E-state index in [2.05, 4.69) is 0 Å². The first-order valence-corrected chi connectivity index (χ1v) is 24.4. The summed E-state index contributed by atoms with van der Waals surface area (Å²) in [5.74, 6) is -3.39. The molecule has 3 unspecified atom stereocenters. The number of carbonyl (C=O) groups is 5. The van der Waals surface area contributed by atoms with E-state index < -0.39 is 151 Å². The number of allylic oxidation sites excluding steroid dienone is 4. The highest BCUT2D eigenvalue weighted by atomic mass is 16.7. The van der Waals surface area contributed by atoms with Gasteiger partial charge in [-0.1, -0.05) is 25.5 Å². The largest absolute Gasteiger partial charge is 0.466 e. The van der Waals surface area contributed by atoms with E-state index in [4.69, 9.17) is 61.8 Å². The number of hydrogen-bond acceptors (Lipinski definition) is 23. The molecule has 0 aromatic rings. The third kappa shape index (κ3) is 10.8. The average molecular weight is 996 g/mol. The van der Waals surface area contributed by atoms with Crippen LogP contribution >= 0.6 is 0 Å². The zero-order valence-electron chi connectivity index (χ0n) is 39.7. The Labute approximate surface area is 405 Å². The normalized spacial score (nSPS) is 44.6. The summed E-state index contributed by atoms with van der Waals surface area (Å²) in [4.78, 5) is 63.4. The molecule has 0 aromatic carbocycles. The molecule has 0 bridgehead atoms. The lowest BCUT2D eigenvalue weighted by atomic mass is 9.46. The Hall–Kier alpha value is -3.37. The number of ether oxygens (including phenoxy) is 7. The quantitative estimate of drug-likeness (QED) is 0.0382. The Morgan fingerprint density at radius 3 is 2.10 bits per heavy atom. The Morgan fingerprint density at radius 2 is 1.41 bits per heavy atom. The first kappa shape index (κ1) is 54.4. The summed E-state index contributed by atoms with van der Waals surface area (Å²) in [5.41, 5.74) is 28.2. The Kier molecular flexibility index (Phi) is 17.1. The first-order chi connectivity index (χ1) is 33.0. The van der Waals surface area contributed by atoms with Crippen molar-refractivity contribution in [2.24, 2.45) is 57.3 Å². The highest BCUT2D eigenvalue weighted by molar-refractivity contribution is 6.01. The molecule has 2 aliphatic heterocycles. The second-order valence-corrected chi connectivity index (χ2v) is 20.8. The zero-order chi connectivity index (χ0) is 51.0. The molecule has 23 nitrogen and oxygen atoms in total. The molecule has 0 amide bonds. The van der Waals surface area contributed by atoms with Crippen LogP contribution in [0.3, 0.4) is 0 Å². The first-order valence-electron chi connectivity index (χ1n) is 24.4. The van der Waals surface area contributed by atoms with Gasteiger partial charge in [-0.05, 0) is 75.4 Å². The zero-order valence-corrected chi connectivity index (χ0v) is 39.7. The van der Waals surface area contributed by atoms with Crippen LogP contribution < -0.4 is 28.7 Å². The minimum Gasteiger partial charge on any atom is -0.466 e. The van der Waals surface area contributed by atoms with Crippen LogP contribution in [0, 0.1) is 28.6 Å². The van der Waals surface area contributed by atoms with E-state index in [0.29, 0.717) is 19.3 Å². The van der Waals surface area contributed by atoms with Crippen molar-refractivity contribution in [1.29, 1.82) is 0 Å². The van der Waals surface area contributed by atoms with Gasteiger partial charge in [0.1, 0.15) is 48.8 Å². The standard InChI is InChI=1S/C47H73N5O18/c1-45-11-9-22(53)14-21(45)5-6-23-24-10-12-47(63,46(24,2)17-29(55)36(23)45)32(56)20-66-35(59)8-7-34(58)64-13-3-4-33(57)65-19-31-38(60)37(52)39(61)44(68-31)70-42-26(50)15-25(49)41(40(42)62)69-43-27(51)16-28(54)30(18-48)67-43/h9,11,14,23-31,36-44,54-55,60-63H,3-8,10,12-13,15-20,48-52H2,1-2H3/t23?,24?,25-,26+,27+,28-,29-,30+,31+,36?,37-,38+,39+,40-,41+,42-,43+,44+,45-,46-,47-/m0/s1. The number of aliphatic hydroxyl groups is 6. The van der Waals surface area contributed by atoms with Crippen molar-refractivity contribution in [3.05, 3.63) is 23.8 Å². The number of hydrogen-bond donors (Lipinski definition) is 11. The summed E-state index contributed by atoms with van der Waals surface area (Å²) in [6, 6.07) is -3.80. The topological polar surface area (TPSA) is 401 Å². The third-order valence-electron chi connectivity index (χ3n) is 16.4. The molecule has 4 saturated carbocycles. The second-order valence-electron chi connectivity index (χ2n) is 20.8. The van der Waals surface area contributed by atoms with Gasteiger partial charge in [0.2, 0.25) is 5.78 Å². The van der Waals surface area contributed by atoms with E-state index in [0.717, 1.165) is 5.57 Å². The molecule has 23 heteroatoms. The summed E-state index contributed by atoms with van der Waals surface area (Å²) in [7, 11) is 0. The monoisotopic (exact) mass is 995 g/mol. The van der Waals surface area contributed by atoms with Crippen LogP contribution in [-0.4, -0.2) is 184 Å². The summed E-state index contributed by atoms with van der Waals surface area (Å²) in [6.45, 7) is 2.40. The maximum Gasteiger partial charge on any atom is 0.306 e. The second kappa shape index (κ2) is 22.0. The van der Waals surface area contributed by atoms with E-state index in [9.17, 15) is 54.6 Å². The molecule has 16 N–H and O–H groups in total. The van der Waals surface area contributed by atoms with Gasteiger partial charge in [-0.15, -0.1) is 0 Å². The lowest BCUT2D eigenvalue weighted by Gasteiger charge is -2.59. The highest BCUT2D eigenvalue weighted by Crippen LogP contribution is 2.67. The van der Waals surface area contributed by atoms with E-state index in [-0.39, 0.29) is 81.6 Å². The van der Waals surface area contributed by atoms with Crippen molar-refractivity contribution in [2.45, 2.75) is 182 Å². The number of fused-ring (bicyclic) bond motifs is 5. The molecule has 7 aliphatic rings. The predicted molar refractivity (Wildman–Crippen MR) is 241 cm³/mol. The van der Waals surface area contributed by atoms with Crippen LogP contribution in [0.1, 0.15) is 84.5 Å². The van der Waals surface area contributed by atoms with Gasteiger partial charge in [0.15, 0.2) is 25.0 Å². The highest BCUT2D eigenvalue weighted by Gasteiger charge is 2.68. The molecule has 394 valence electrons. The van der Waals surface area contributed by atoms with Crippen LogP contribution in [0.15, 0.2) is 23.8 Å². The molecule has 2 saturated heterocycles. The van der Waals surface area contributed by atoms with Crippen LogP contribution in [0.25, 0.3) is 0 Å². The summed E-state index contributed by atoms with van der Waals surface area (Å²) in [5, 5.41) is 66.7. The van der Waals surface area contributed by atoms with Crippen molar-refractivity contribution in [2.75, 3.05) is 26.4 Å². The number of carbonyl (C=O) groups excluding carboxylic acids is 5. The maximum atomic E-state index is 13.6. The number of esters is 3. The lowest BCUT2D eigenvalue weighted by molar-refractivity contribution is -0.315. The summed E-state index contributed by atoms with van der Waals surface area (Å²) >= 11 is 0. The van der Waals surface area contributed by atoms with Gasteiger partial charge < -0.3 is 92.5 Å². The summed E-state index contributed by atoms with van der Waals surface area (Å²) in [6.07, 6.45) is -6.89. The van der Waals surface area contributed by atoms with Crippen molar-refractivity contribution < 1.29 is 87.8 Å². The molecule has 6 fully saturated rings. The minimum absolute atomic E-state index is 0.000368. The fourth-order valence-corrected chi connectivity index (χ4v) is 12.5. The third-order valence-corrected chi connectivity index (χ3v) is 16.4. The molecule has 21 atom stereocenters. The van der Waals surface area contributed by atoms with E-state index >= 15 is 0 Å². The van der Waals surface area contributed by atoms with Gasteiger partial charge in [0.05, 0.1) is 49.8 Å². The molecule has 2 heterocycles. The Bertz CT molecular complexity index is 2000. The fraction of sp³-hybridized carbons (Fsp3) is 0.809. The van der Waals surface area contributed by atoms with Crippen LogP contribution in [-0.2, 0) is 57.1 Å². The fourth-order valence-electron chi connectivity index (χ4n) is 12.5. The summed E-state index contributed by atoms with van der Waals surface area (Å²) < 4.78 is 39.1. The van der Waals surface area contributed by atoms with Crippen molar-refractivity contribution in [3.63, 3.8) is 0 Å². The van der Waals surface area contributed by atoms with Crippen LogP contribution in [0.2, 0.25) is 0 Å². The van der Waals surface area contributed by atoms with E-state index in [1.807, 2.05) is 19.9 Å². The van der Waals surface area contributed by atoms with Gasteiger partial charge in [-0.25, -0.2) is 0 Å². The van der Waals surface area contributed by atoms with Crippen molar-refractivity contribution >= 4 is 29.5 Å². The van der Waals surface area contributed by atoms with Gasteiger partial charge in [-0.3, -0.25) is 24.0 Å².